The Morgan fingerprint density at radius 1 is 1.08 bits per heavy atom. The molecule has 5 nitrogen and oxygen atoms in total. The Bertz CT molecular complexity index is 1120. The maximum Gasteiger partial charge on any atom is 0.258 e. The summed E-state index contributed by atoms with van der Waals surface area (Å²) < 4.78 is 6.93. The summed E-state index contributed by atoms with van der Waals surface area (Å²) in [4.78, 5) is 16.3. The van der Waals surface area contributed by atoms with Crippen LogP contribution in [0.1, 0.15) is 11.1 Å². The van der Waals surface area contributed by atoms with E-state index in [-0.39, 0.29) is 5.56 Å². The monoisotopic (exact) mass is 347 g/mol. The van der Waals surface area contributed by atoms with Crippen molar-refractivity contribution in [2.75, 3.05) is 13.7 Å². The van der Waals surface area contributed by atoms with E-state index in [4.69, 9.17) is 10.5 Å². The molecule has 2 heterocycles. The Morgan fingerprint density at radius 3 is 2.62 bits per heavy atom. The first kappa shape index (κ1) is 16.4. The number of benzene rings is 2. The van der Waals surface area contributed by atoms with Gasteiger partial charge in [0.2, 0.25) is 0 Å². The van der Waals surface area contributed by atoms with Crippen LogP contribution in [0.3, 0.4) is 0 Å². The second-order valence-corrected chi connectivity index (χ2v) is 6.40. The average molecular weight is 347 g/mol. The summed E-state index contributed by atoms with van der Waals surface area (Å²) in [6.45, 7) is 1.11. The second-order valence-electron chi connectivity index (χ2n) is 6.40. The van der Waals surface area contributed by atoms with Gasteiger partial charge in [0, 0.05) is 28.7 Å². The molecule has 132 valence electrons. The van der Waals surface area contributed by atoms with Crippen LogP contribution in [-0.4, -0.2) is 23.2 Å². The van der Waals surface area contributed by atoms with E-state index in [1.807, 2.05) is 54.9 Å². The van der Waals surface area contributed by atoms with Crippen LogP contribution < -0.4 is 16.0 Å². The number of pyridine rings is 1. The van der Waals surface area contributed by atoms with Crippen molar-refractivity contribution in [2.45, 2.75) is 13.0 Å². The van der Waals surface area contributed by atoms with Gasteiger partial charge >= 0.3 is 0 Å². The van der Waals surface area contributed by atoms with Crippen LogP contribution in [-0.2, 0) is 13.0 Å². The number of methoxy groups -OCH3 is 1. The molecule has 0 bridgehead atoms. The summed E-state index contributed by atoms with van der Waals surface area (Å²) in [5.41, 5.74) is 8.98. The van der Waals surface area contributed by atoms with Crippen molar-refractivity contribution in [1.82, 2.24) is 9.55 Å². The molecule has 0 spiro atoms. The van der Waals surface area contributed by atoms with Crippen molar-refractivity contribution in [2.24, 2.45) is 5.73 Å². The number of nitrogens with zero attached hydrogens (tertiary/aromatic N) is 1. The highest BCUT2D eigenvalue weighted by molar-refractivity contribution is 6.07. The summed E-state index contributed by atoms with van der Waals surface area (Å²) in [5, 5.41) is 2.80. The number of aromatic amines is 1. The molecule has 2 aromatic heterocycles. The zero-order valence-corrected chi connectivity index (χ0v) is 14.7. The van der Waals surface area contributed by atoms with Crippen LogP contribution in [0.25, 0.3) is 21.7 Å². The molecule has 0 saturated carbocycles. The van der Waals surface area contributed by atoms with Crippen LogP contribution in [0.15, 0.2) is 59.7 Å². The van der Waals surface area contributed by atoms with Gasteiger partial charge in [0.05, 0.1) is 13.7 Å². The molecule has 0 aliphatic heterocycles. The number of nitrogens with one attached hydrogen (secondary N) is 1. The molecule has 0 aliphatic rings. The number of ether oxygens (including phenoxy) is 1. The molecule has 0 unspecified atom stereocenters. The van der Waals surface area contributed by atoms with Gasteiger partial charge in [-0.05, 0) is 59.8 Å². The van der Waals surface area contributed by atoms with Crippen molar-refractivity contribution < 1.29 is 4.74 Å². The lowest BCUT2D eigenvalue weighted by molar-refractivity contribution is 0.414. The maximum absolute atomic E-state index is 13.0. The molecular formula is C21H21N3O2. The SMILES string of the molecule is COc1ccc(Cn2ccc3c(ccc4[nH]cc(CCN)c43)c2=O)cc1. The van der Waals surface area contributed by atoms with Gasteiger partial charge in [-0.2, -0.15) is 0 Å². The van der Waals surface area contributed by atoms with Crippen molar-refractivity contribution in [3.63, 3.8) is 0 Å². The predicted octanol–water partition coefficient (Wildman–Crippen LogP) is 3.04. The number of fused-ring (bicyclic) bond motifs is 3. The van der Waals surface area contributed by atoms with E-state index in [0.29, 0.717) is 13.1 Å². The third-order valence-electron chi connectivity index (χ3n) is 4.81. The Labute approximate surface area is 151 Å². The standard InChI is InChI=1S/C21H21N3O2/c1-26-16-4-2-14(3-5-16)13-24-11-9-17-18(21(24)25)6-7-19-20(17)15(8-10-22)12-23-19/h2-7,9,11-12,23H,8,10,13,22H2,1H3. The second kappa shape index (κ2) is 6.69. The zero-order chi connectivity index (χ0) is 18.1. The van der Waals surface area contributed by atoms with Crippen LogP contribution in [0.5, 0.6) is 5.75 Å². The van der Waals surface area contributed by atoms with Crippen molar-refractivity contribution in [3.05, 3.63) is 76.3 Å². The van der Waals surface area contributed by atoms with E-state index in [1.54, 1.807) is 11.7 Å². The molecule has 0 aliphatic carbocycles. The van der Waals surface area contributed by atoms with Crippen molar-refractivity contribution >= 4 is 21.7 Å². The lowest BCUT2D eigenvalue weighted by Crippen LogP contribution is -2.20. The van der Waals surface area contributed by atoms with Gasteiger partial charge in [0.15, 0.2) is 0 Å². The molecule has 2 aromatic carbocycles. The number of nitrogens with two attached hydrogens (primary N) is 1. The van der Waals surface area contributed by atoms with E-state index in [9.17, 15) is 4.79 Å². The van der Waals surface area contributed by atoms with E-state index < -0.39 is 0 Å². The van der Waals surface area contributed by atoms with Crippen molar-refractivity contribution in [1.29, 1.82) is 0 Å². The fourth-order valence-corrected chi connectivity index (χ4v) is 3.47. The maximum atomic E-state index is 13.0. The molecule has 0 amide bonds. The number of rotatable bonds is 5. The van der Waals surface area contributed by atoms with Gasteiger partial charge in [-0.15, -0.1) is 0 Å². The lowest BCUT2D eigenvalue weighted by Gasteiger charge is -2.09. The van der Waals surface area contributed by atoms with Gasteiger partial charge in [-0.25, -0.2) is 0 Å². The highest BCUT2D eigenvalue weighted by Crippen LogP contribution is 2.26. The van der Waals surface area contributed by atoms with Gasteiger partial charge in [0.1, 0.15) is 5.75 Å². The van der Waals surface area contributed by atoms with Gasteiger partial charge in [0.25, 0.3) is 5.56 Å². The minimum atomic E-state index is 0.0140. The Hall–Kier alpha value is -3.05. The Morgan fingerprint density at radius 2 is 1.88 bits per heavy atom. The topological polar surface area (TPSA) is 73.0 Å². The fraction of sp³-hybridized carbons (Fsp3) is 0.190. The third-order valence-corrected chi connectivity index (χ3v) is 4.81. The Balaban J connectivity index is 1.80. The molecule has 5 heteroatoms. The first-order valence-electron chi connectivity index (χ1n) is 8.66. The average Bonchev–Trinajstić information content (AvgIpc) is 3.08. The van der Waals surface area contributed by atoms with Crippen LogP contribution in [0.4, 0.5) is 0 Å². The van der Waals surface area contributed by atoms with E-state index >= 15 is 0 Å². The highest BCUT2D eigenvalue weighted by atomic mass is 16.5. The van der Waals surface area contributed by atoms with Crippen LogP contribution >= 0.6 is 0 Å². The summed E-state index contributed by atoms with van der Waals surface area (Å²) >= 11 is 0. The van der Waals surface area contributed by atoms with Crippen LogP contribution in [0, 0.1) is 0 Å². The first-order valence-corrected chi connectivity index (χ1v) is 8.66. The minimum Gasteiger partial charge on any atom is -0.497 e. The summed E-state index contributed by atoms with van der Waals surface area (Å²) in [5.74, 6) is 0.807. The van der Waals surface area contributed by atoms with Gasteiger partial charge < -0.3 is 20.0 Å². The summed E-state index contributed by atoms with van der Waals surface area (Å²) in [6, 6.07) is 13.7. The molecule has 0 radical (unpaired) electrons. The number of H-pyrrole nitrogens is 1. The Kier molecular flexibility index (Phi) is 4.22. The molecule has 0 saturated heterocycles. The first-order chi connectivity index (χ1) is 12.7. The molecular weight excluding hydrogens is 326 g/mol. The molecule has 3 N–H and O–H groups in total. The largest absolute Gasteiger partial charge is 0.497 e. The number of hydrogen-bond acceptors (Lipinski definition) is 3. The zero-order valence-electron chi connectivity index (χ0n) is 14.7. The summed E-state index contributed by atoms with van der Waals surface area (Å²) in [6.07, 6.45) is 4.64. The fourth-order valence-electron chi connectivity index (χ4n) is 3.47. The van der Waals surface area contributed by atoms with E-state index in [1.165, 1.54) is 0 Å². The quantitative estimate of drug-likeness (QED) is 0.583. The molecule has 0 atom stereocenters. The molecule has 26 heavy (non-hydrogen) atoms. The molecule has 4 aromatic rings. The van der Waals surface area contributed by atoms with Gasteiger partial charge in [-0.1, -0.05) is 12.1 Å². The van der Waals surface area contributed by atoms with E-state index in [2.05, 4.69) is 4.98 Å². The molecule has 4 rings (SSSR count). The van der Waals surface area contributed by atoms with E-state index in [0.717, 1.165) is 45.0 Å². The predicted molar refractivity (Wildman–Crippen MR) is 105 cm³/mol. The normalized spacial score (nSPS) is 11.3. The number of aromatic nitrogens is 2. The smallest absolute Gasteiger partial charge is 0.258 e. The number of hydrogen-bond donors (Lipinski definition) is 2. The highest BCUT2D eigenvalue weighted by Gasteiger charge is 2.11. The van der Waals surface area contributed by atoms with Crippen LogP contribution in [0.2, 0.25) is 0 Å². The lowest BCUT2D eigenvalue weighted by atomic mass is 10.0. The van der Waals surface area contributed by atoms with Crippen molar-refractivity contribution in [3.8, 4) is 5.75 Å². The van der Waals surface area contributed by atoms with Gasteiger partial charge in [-0.3, -0.25) is 4.79 Å². The third kappa shape index (κ3) is 2.76. The minimum absolute atomic E-state index is 0.0140. The summed E-state index contributed by atoms with van der Waals surface area (Å²) in [7, 11) is 1.64. The molecule has 0 fully saturated rings.